The Hall–Kier alpha value is -1.15. The Bertz CT molecular complexity index is 508. The number of ether oxygens (including phenoxy) is 2. The minimum atomic E-state index is -4.81. The zero-order valence-corrected chi connectivity index (χ0v) is 10.1. The van der Waals surface area contributed by atoms with Crippen molar-refractivity contribution in [2.75, 3.05) is 6.61 Å². The van der Waals surface area contributed by atoms with Crippen molar-refractivity contribution in [3.8, 4) is 0 Å². The fourth-order valence-corrected chi connectivity index (χ4v) is 3.82. The summed E-state index contributed by atoms with van der Waals surface area (Å²) < 4.78 is 39.3. The first-order chi connectivity index (χ1) is 8.38. The van der Waals surface area contributed by atoms with Crippen molar-refractivity contribution in [1.29, 1.82) is 0 Å². The Balaban J connectivity index is 1.68. The van der Waals surface area contributed by atoms with Gasteiger partial charge in [-0.2, -0.15) is 8.42 Å². The summed E-state index contributed by atoms with van der Waals surface area (Å²) >= 11 is 0. The average molecular weight is 276 g/mol. The largest absolute Gasteiger partial charge is 0.462 e. The predicted molar refractivity (Wildman–Crippen MR) is 56.0 cm³/mol. The lowest BCUT2D eigenvalue weighted by atomic mass is 9.80. The highest BCUT2D eigenvalue weighted by molar-refractivity contribution is 8.00. The predicted octanol–water partition coefficient (Wildman–Crippen LogP) is 0.208. The van der Waals surface area contributed by atoms with Crippen molar-refractivity contribution in [2.45, 2.75) is 18.9 Å². The maximum Gasteiger partial charge on any atom is 0.451 e. The molecule has 0 amide bonds. The summed E-state index contributed by atoms with van der Waals surface area (Å²) in [6, 6.07) is 0. The van der Waals surface area contributed by atoms with Crippen molar-refractivity contribution in [2.24, 2.45) is 23.7 Å². The topological polar surface area (TPSA) is 107 Å². The molecule has 3 rings (SSSR count). The van der Waals surface area contributed by atoms with Crippen LogP contribution < -0.4 is 0 Å². The molecule has 3 aliphatic rings. The fraction of sp³-hybridized carbons (Fsp3) is 0.800. The monoisotopic (exact) mass is 276 g/mol. The van der Waals surface area contributed by atoms with Gasteiger partial charge in [-0.05, 0) is 18.8 Å². The summed E-state index contributed by atoms with van der Waals surface area (Å²) in [5.74, 6) is -0.351. The van der Waals surface area contributed by atoms with Crippen molar-refractivity contribution >= 4 is 21.4 Å². The summed E-state index contributed by atoms with van der Waals surface area (Å²) in [6.07, 6.45) is 1.59. The fourth-order valence-electron chi connectivity index (χ4n) is 3.60. The number of carbonyl (C=O) groups excluding carboxylic acids is 2. The molecule has 7 nitrogen and oxygen atoms in total. The molecule has 100 valence electrons. The third-order valence-corrected chi connectivity index (χ3v) is 4.80. The zero-order chi connectivity index (χ0) is 13.1. The Morgan fingerprint density at radius 3 is 2.83 bits per heavy atom. The SMILES string of the molecule is O=C1OC2CC3CC2C1C3COC(=O)S(=O)(=O)O. The van der Waals surface area contributed by atoms with E-state index in [2.05, 4.69) is 4.74 Å². The second kappa shape index (κ2) is 3.67. The van der Waals surface area contributed by atoms with Crippen LogP contribution in [0.25, 0.3) is 0 Å². The van der Waals surface area contributed by atoms with Crippen LogP contribution in [-0.2, 0) is 24.4 Å². The lowest BCUT2D eigenvalue weighted by molar-refractivity contribution is -0.144. The number of hydrogen-bond donors (Lipinski definition) is 1. The van der Waals surface area contributed by atoms with Gasteiger partial charge in [-0.1, -0.05) is 0 Å². The van der Waals surface area contributed by atoms with Crippen LogP contribution in [0.4, 0.5) is 4.79 Å². The molecule has 1 saturated heterocycles. The molecule has 1 aliphatic heterocycles. The van der Waals surface area contributed by atoms with E-state index in [1.165, 1.54) is 0 Å². The molecule has 0 aromatic heterocycles. The van der Waals surface area contributed by atoms with Gasteiger partial charge < -0.3 is 9.47 Å². The van der Waals surface area contributed by atoms with E-state index in [0.29, 0.717) is 0 Å². The Labute approximate surface area is 103 Å². The standard InChI is InChI=1S/C10H12O7S/c11-9-8-5-1-4(2-7(5)17-9)6(8)3-16-10(12)18(13,14)15/h4-8H,1-3H2,(H,13,14,15). The van der Waals surface area contributed by atoms with Gasteiger partial charge in [0.1, 0.15) is 6.10 Å². The van der Waals surface area contributed by atoms with Crippen molar-refractivity contribution < 1.29 is 32.0 Å². The zero-order valence-electron chi connectivity index (χ0n) is 9.31. The van der Waals surface area contributed by atoms with E-state index in [1.54, 1.807) is 0 Å². The molecule has 8 heteroatoms. The molecule has 2 saturated carbocycles. The molecular weight excluding hydrogens is 264 g/mol. The quantitative estimate of drug-likeness (QED) is 0.567. The Kier molecular flexibility index (Phi) is 2.43. The minimum Gasteiger partial charge on any atom is -0.462 e. The van der Waals surface area contributed by atoms with Gasteiger partial charge in [0.15, 0.2) is 0 Å². The number of rotatable bonds is 2. The highest BCUT2D eigenvalue weighted by Gasteiger charge is 2.62. The van der Waals surface area contributed by atoms with Gasteiger partial charge >= 0.3 is 21.4 Å². The van der Waals surface area contributed by atoms with Crippen molar-refractivity contribution in [3.63, 3.8) is 0 Å². The van der Waals surface area contributed by atoms with E-state index >= 15 is 0 Å². The molecule has 1 heterocycles. The van der Waals surface area contributed by atoms with Crippen LogP contribution in [-0.4, -0.2) is 37.0 Å². The van der Waals surface area contributed by atoms with Crippen LogP contribution in [0.15, 0.2) is 0 Å². The number of esters is 1. The van der Waals surface area contributed by atoms with Crippen LogP contribution in [0, 0.1) is 23.7 Å². The number of carbonyl (C=O) groups is 2. The lowest BCUT2D eigenvalue weighted by Crippen LogP contribution is -2.31. The third-order valence-electron chi connectivity index (χ3n) is 4.26. The van der Waals surface area contributed by atoms with Crippen LogP contribution >= 0.6 is 0 Å². The summed E-state index contributed by atoms with van der Waals surface area (Å²) in [4.78, 5) is 22.6. The minimum absolute atomic E-state index is 0.0129. The molecule has 2 bridgehead atoms. The van der Waals surface area contributed by atoms with Gasteiger partial charge in [-0.25, -0.2) is 4.79 Å². The molecule has 1 N–H and O–H groups in total. The Morgan fingerprint density at radius 1 is 1.44 bits per heavy atom. The molecule has 0 aromatic carbocycles. The van der Waals surface area contributed by atoms with Gasteiger partial charge in [0.25, 0.3) is 0 Å². The molecular formula is C10H12O7S. The summed E-state index contributed by atoms with van der Waals surface area (Å²) in [7, 11) is -4.81. The van der Waals surface area contributed by atoms with Crippen LogP contribution in [0.3, 0.4) is 0 Å². The highest BCUT2D eigenvalue weighted by atomic mass is 32.2. The molecule has 5 atom stereocenters. The number of hydrogen-bond acceptors (Lipinski definition) is 6. The molecule has 3 fully saturated rings. The molecule has 2 aliphatic carbocycles. The Morgan fingerprint density at radius 2 is 2.17 bits per heavy atom. The smallest absolute Gasteiger partial charge is 0.451 e. The van der Waals surface area contributed by atoms with Crippen LogP contribution in [0.1, 0.15) is 12.8 Å². The van der Waals surface area contributed by atoms with E-state index in [0.717, 1.165) is 12.8 Å². The summed E-state index contributed by atoms with van der Waals surface area (Å²) in [5, 5.41) is -1.66. The third kappa shape index (κ3) is 1.63. The highest BCUT2D eigenvalue weighted by Crippen LogP contribution is 2.57. The van der Waals surface area contributed by atoms with Crippen LogP contribution in [0.2, 0.25) is 0 Å². The van der Waals surface area contributed by atoms with Crippen molar-refractivity contribution in [1.82, 2.24) is 0 Å². The first-order valence-corrected chi connectivity index (χ1v) is 7.16. The van der Waals surface area contributed by atoms with Gasteiger partial charge in [0, 0.05) is 11.8 Å². The normalized spacial score (nSPS) is 40.9. The van der Waals surface area contributed by atoms with E-state index in [1.807, 2.05) is 0 Å². The summed E-state index contributed by atoms with van der Waals surface area (Å²) in [6.45, 7) is -0.160. The molecule has 0 radical (unpaired) electrons. The van der Waals surface area contributed by atoms with E-state index < -0.39 is 15.4 Å². The lowest BCUT2D eigenvalue weighted by Gasteiger charge is -2.23. The molecule has 0 aromatic rings. The summed E-state index contributed by atoms with van der Waals surface area (Å²) in [5.41, 5.74) is 0. The van der Waals surface area contributed by atoms with Gasteiger partial charge in [0.05, 0.1) is 12.5 Å². The first kappa shape index (κ1) is 11.9. The van der Waals surface area contributed by atoms with E-state index in [-0.39, 0.29) is 42.4 Å². The molecule has 0 spiro atoms. The van der Waals surface area contributed by atoms with Crippen LogP contribution in [0.5, 0.6) is 0 Å². The molecule has 18 heavy (non-hydrogen) atoms. The average Bonchev–Trinajstić information content (AvgIpc) is 2.84. The number of fused-ring (bicyclic) bond motifs is 1. The second-order valence-corrected chi connectivity index (χ2v) is 6.38. The van der Waals surface area contributed by atoms with E-state index in [4.69, 9.17) is 9.29 Å². The van der Waals surface area contributed by atoms with E-state index in [9.17, 15) is 18.0 Å². The van der Waals surface area contributed by atoms with Gasteiger partial charge in [0.2, 0.25) is 0 Å². The first-order valence-electron chi connectivity index (χ1n) is 5.72. The maximum atomic E-state index is 11.6. The van der Waals surface area contributed by atoms with Gasteiger partial charge in [-0.3, -0.25) is 9.35 Å². The van der Waals surface area contributed by atoms with Crippen molar-refractivity contribution in [3.05, 3.63) is 0 Å². The van der Waals surface area contributed by atoms with Gasteiger partial charge in [-0.15, -0.1) is 0 Å². The maximum absolute atomic E-state index is 11.6. The molecule has 5 unspecified atom stereocenters. The second-order valence-electron chi connectivity index (χ2n) is 5.10.